The molecule has 0 aliphatic carbocycles. The van der Waals surface area contributed by atoms with Gasteiger partial charge in [-0.3, -0.25) is 0 Å². The third-order valence-electron chi connectivity index (χ3n) is 4.06. The molecular formula is C14H27N3O. The molecule has 0 amide bonds. The molecule has 0 saturated carbocycles. The highest BCUT2D eigenvalue weighted by Crippen LogP contribution is 2.19. The van der Waals surface area contributed by atoms with E-state index in [1.54, 1.807) is 7.11 Å². The molecule has 1 fully saturated rings. The molecule has 1 unspecified atom stereocenters. The molecule has 0 aromatic heterocycles. The predicted octanol–water partition coefficient (Wildman–Crippen LogP) is 1.76. The normalized spacial score (nSPS) is 21.4. The van der Waals surface area contributed by atoms with E-state index < -0.39 is 5.54 Å². The number of piperidine rings is 1. The van der Waals surface area contributed by atoms with Crippen LogP contribution in [0.25, 0.3) is 0 Å². The molecule has 0 bridgehead atoms. The highest BCUT2D eigenvalue weighted by molar-refractivity contribution is 5.03. The van der Waals surface area contributed by atoms with Crippen LogP contribution in [0.3, 0.4) is 0 Å². The fourth-order valence-electron chi connectivity index (χ4n) is 2.54. The Kier molecular flexibility index (Phi) is 6.62. The Labute approximate surface area is 111 Å². The number of hydrogen-bond acceptors (Lipinski definition) is 4. The second-order valence-corrected chi connectivity index (χ2v) is 5.47. The highest BCUT2D eigenvalue weighted by atomic mass is 16.5. The maximum atomic E-state index is 9.01. The van der Waals surface area contributed by atoms with Crippen molar-refractivity contribution in [1.29, 1.82) is 5.26 Å². The first-order chi connectivity index (χ1) is 8.63. The SMILES string of the molecule is CCC(N)(C#N)CCCN1CCC(COC)CC1. The van der Waals surface area contributed by atoms with Gasteiger partial charge in [0.1, 0.15) is 5.54 Å². The predicted molar refractivity (Wildman–Crippen MR) is 73.1 cm³/mol. The van der Waals surface area contributed by atoms with Crippen LogP contribution in [0.2, 0.25) is 0 Å². The van der Waals surface area contributed by atoms with Gasteiger partial charge in [-0.15, -0.1) is 0 Å². The van der Waals surface area contributed by atoms with Crippen molar-refractivity contribution in [1.82, 2.24) is 4.90 Å². The van der Waals surface area contributed by atoms with Crippen LogP contribution in [0.5, 0.6) is 0 Å². The van der Waals surface area contributed by atoms with Crippen molar-refractivity contribution in [3.8, 4) is 6.07 Å². The largest absolute Gasteiger partial charge is 0.384 e. The van der Waals surface area contributed by atoms with Gasteiger partial charge in [0.2, 0.25) is 0 Å². The van der Waals surface area contributed by atoms with Gasteiger partial charge < -0.3 is 15.4 Å². The Hall–Kier alpha value is -0.630. The minimum Gasteiger partial charge on any atom is -0.384 e. The lowest BCUT2D eigenvalue weighted by molar-refractivity contribution is 0.0983. The monoisotopic (exact) mass is 253 g/mol. The van der Waals surface area contributed by atoms with Gasteiger partial charge in [0.15, 0.2) is 0 Å². The van der Waals surface area contributed by atoms with Crippen molar-refractivity contribution in [3.63, 3.8) is 0 Å². The highest BCUT2D eigenvalue weighted by Gasteiger charge is 2.23. The summed E-state index contributed by atoms with van der Waals surface area (Å²) in [5, 5.41) is 9.01. The minimum atomic E-state index is -0.617. The quantitative estimate of drug-likeness (QED) is 0.751. The van der Waals surface area contributed by atoms with Gasteiger partial charge in [0, 0.05) is 13.7 Å². The van der Waals surface area contributed by atoms with Gasteiger partial charge in [-0.05, 0) is 57.7 Å². The summed E-state index contributed by atoms with van der Waals surface area (Å²) < 4.78 is 5.20. The standard InChI is InChI=1S/C14H27N3O/c1-3-14(16,12-15)7-4-8-17-9-5-13(6-10-17)11-18-2/h13H,3-11,16H2,1-2H3. The zero-order chi connectivity index (χ0) is 13.4. The van der Waals surface area contributed by atoms with Crippen LogP contribution in [0.4, 0.5) is 0 Å². The van der Waals surface area contributed by atoms with Crippen LogP contribution in [-0.2, 0) is 4.74 Å². The van der Waals surface area contributed by atoms with E-state index in [0.717, 1.165) is 51.4 Å². The first-order valence-electron chi connectivity index (χ1n) is 7.05. The summed E-state index contributed by atoms with van der Waals surface area (Å²) in [5.41, 5.74) is 5.36. The van der Waals surface area contributed by atoms with Crippen LogP contribution in [0, 0.1) is 17.2 Å². The Bertz CT molecular complexity index is 269. The third kappa shape index (κ3) is 4.93. The van der Waals surface area contributed by atoms with E-state index in [1.807, 2.05) is 6.92 Å². The number of likely N-dealkylation sites (tertiary alicyclic amines) is 1. The summed E-state index contributed by atoms with van der Waals surface area (Å²) in [6, 6.07) is 2.23. The van der Waals surface area contributed by atoms with Crippen LogP contribution in [0.1, 0.15) is 39.0 Å². The van der Waals surface area contributed by atoms with Crippen molar-refractivity contribution in [2.24, 2.45) is 11.7 Å². The molecule has 4 nitrogen and oxygen atoms in total. The van der Waals surface area contributed by atoms with E-state index in [9.17, 15) is 0 Å². The second-order valence-electron chi connectivity index (χ2n) is 5.47. The van der Waals surface area contributed by atoms with Crippen molar-refractivity contribution in [2.75, 3.05) is 33.4 Å². The summed E-state index contributed by atoms with van der Waals surface area (Å²) in [4.78, 5) is 2.49. The zero-order valence-electron chi connectivity index (χ0n) is 11.8. The number of rotatable bonds is 7. The Morgan fingerprint density at radius 2 is 2.11 bits per heavy atom. The van der Waals surface area contributed by atoms with E-state index in [-0.39, 0.29) is 0 Å². The number of nitriles is 1. The van der Waals surface area contributed by atoms with Crippen LogP contribution < -0.4 is 5.73 Å². The van der Waals surface area contributed by atoms with Crippen molar-refractivity contribution >= 4 is 0 Å². The number of nitrogens with zero attached hydrogens (tertiary/aromatic N) is 2. The van der Waals surface area contributed by atoms with Crippen LogP contribution in [-0.4, -0.2) is 43.8 Å². The molecule has 1 rings (SSSR count). The zero-order valence-corrected chi connectivity index (χ0v) is 11.8. The van der Waals surface area contributed by atoms with E-state index >= 15 is 0 Å². The molecule has 2 N–H and O–H groups in total. The van der Waals surface area contributed by atoms with Crippen molar-refractivity contribution in [2.45, 2.75) is 44.6 Å². The van der Waals surface area contributed by atoms with Gasteiger partial charge in [0.25, 0.3) is 0 Å². The lowest BCUT2D eigenvalue weighted by Gasteiger charge is -2.32. The fraction of sp³-hybridized carbons (Fsp3) is 0.929. The molecule has 4 heteroatoms. The average Bonchev–Trinajstić information content (AvgIpc) is 2.41. The first-order valence-corrected chi connectivity index (χ1v) is 7.05. The second kappa shape index (κ2) is 7.73. The molecule has 0 spiro atoms. The number of nitrogens with two attached hydrogens (primary N) is 1. The van der Waals surface area contributed by atoms with E-state index in [1.165, 1.54) is 12.8 Å². The number of ether oxygens (including phenoxy) is 1. The Balaban J connectivity index is 2.17. The van der Waals surface area contributed by atoms with Gasteiger partial charge in [-0.2, -0.15) is 5.26 Å². The smallest absolute Gasteiger partial charge is 0.104 e. The lowest BCUT2D eigenvalue weighted by Crippen LogP contribution is -2.40. The van der Waals surface area contributed by atoms with E-state index in [4.69, 9.17) is 15.7 Å². The molecule has 0 aromatic carbocycles. The first kappa shape index (κ1) is 15.4. The number of methoxy groups -OCH3 is 1. The minimum absolute atomic E-state index is 0.617. The van der Waals surface area contributed by atoms with Crippen molar-refractivity contribution < 1.29 is 4.74 Å². The molecule has 1 aliphatic heterocycles. The fourth-order valence-corrected chi connectivity index (χ4v) is 2.54. The van der Waals surface area contributed by atoms with Gasteiger partial charge >= 0.3 is 0 Å². The van der Waals surface area contributed by atoms with Crippen LogP contribution >= 0.6 is 0 Å². The van der Waals surface area contributed by atoms with Gasteiger partial charge in [-0.25, -0.2) is 0 Å². The summed E-state index contributed by atoms with van der Waals surface area (Å²) in [6.07, 6.45) is 5.02. The van der Waals surface area contributed by atoms with Crippen molar-refractivity contribution in [3.05, 3.63) is 0 Å². The lowest BCUT2D eigenvalue weighted by atomic mass is 9.92. The molecular weight excluding hydrogens is 226 g/mol. The Morgan fingerprint density at radius 1 is 1.44 bits per heavy atom. The molecule has 1 saturated heterocycles. The number of hydrogen-bond donors (Lipinski definition) is 1. The molecule has 0 radical (unpaired) electrons. The topological polar surface area (TPSA) is 62.3 Å². The Morgan fingerprint density at radius 3 is 2.61 bits per heavy atom. The molecule has 104 valence electrons. The molecule has 1 atom stereocenters. The van der Waals surface area contributed by atoms with Crippen LogP contribution in [0.15, 0.2) is 0 Å². The molecule has 18 heavy (non-hydrogen) atoms. The molecule has 0 aromatic rings. The van der Waals surface area contributed by atoms with Gasteiger partial charge in [-0.1, -0.05) is 6.92 Å². The summed E-state index contributed by atoms with van der Waals surface area (Å²) >= 11 is 0. The maximum absolute atomic E-state index is 9.01. The summed E-state index contributed by atoms with van der Waals surface area (Å²) in [5.74, 6) is 0.731. The molecule has 1 heterocycles. The van der Waals surface area contributed by atoms with Gasteiger partial charge in [0.05, 0.1) is 6.07 Å². The maximum Gasteiger partial charge on any atom is 0.104 e. The van der Waals surface area contributed by atoms with E-state index in [2.05, 4.69) is 11.0 Å². The summed E-state index contributed by atoms with van der Waals surface area (Å²) in [7, 11) is 1.78. The third-order valence-corrected chi connectivity index (χ3v) is 4.06. The average molecular weight is 253 g/mol. The summed E-state index contributed by atoms with van der Waals surface area (Å²) in [6.45, 7) is 6.26. The van der Waals surface area contributed by atoms with E-state index in [0.29, 0.717) is 0 Å². The molecule has 1 aliphatic rings.